The number of halogens is 1. The second-order valence-corrected chi connectivity index (χ2v) is 8.37. The zero-order valence-corrected chi connectivity index (χ0v) is 16.8. The third-order valence-electron chi connectivity index (χ3n) is 6.35. The number of hydrogen-bond donors (Lipinski definition) is 3. The molecule has 1 aromatic carbocycles. The second-order valence-electron chi connectivity index (χ2n) is 8.37. The summed E-state index contributed by atoms with van der Waals surface area (Å²) in [6, 6.07) is 3.40. The summed E-state index contributed by atoms with van der Waals surface area (Å²) in [6.07, 6.45) is 5.07. The quantitative estimate of drug-likeness (QED) is 0.431. The molecule has 9 nitrogen and oxygen atoms in total. The van der Waals surface area contributed by atoms with Crippen LogP contribution in [0, 0.1) is 18.7 Å². The first-order valence-corrected chi connectivity index (χ1v) is 10.2. The highest BCUT2D eigenvalue weighted by molar-refractivity contribution is 6.14. The van der Waals surface area contributed by atoms with Gasteiger partial charge in [0.25, 0.3) is 0 Å². The number of rotatable bonds is 3. The number of nitrogen functional groups attached to an aromatic ring is 1. The van der Waals surface area contributed by atoms with Crippen LogP contribution in [-0.2, 0) is 0 Å². The molecular formula is C21H21FN8O. The molecule has 6 rings (SSSR count). The molecule has 0 amide bonds. The van der Waals surface area contributed by atoms with Crippen molar-refractivity contribution in [2.24, 2.45) is 11.7 Å². The zero-order chi connectivity index (χ0) is 21.3. The number of nitrogens with two attached hydrogens (primary N) is 2. The second kappa shape index (κ2) is 6.48. The topological polar surface area (TPSA) is 132 Å². The molecule has 10 heteroatoms. The van der Waals surface area contributed by atoms with Gasteiger partial charge >= 0.3 is 6.01 Å². The van der Waals surface area contributed by atoms with Crippen molar-refractivity contribution in [3.8, 4) is 11.8 Å². The zero-order valence-electron chi connectivity index (χ0n) is 16.8. The molecule has 2 bridgehead atoms. The normalized spacial score (nSPS) is 22.7. The van der Waals surface area contributed by atoms with Gasteiger partial charge in [0, 0.05) is 24.0 Å². The summed E-state index contributed by atoms with van der Waals surface area (Å²) in [4.78, 5) is 23.0. The maximum absolute atomic E-state index is 14.2. The molecule has 1 saturated heterocycles. The number of anilines is 2. The molecule has 1 aliphatic heterocycles. The standard InChI is InChI=1S/C21H21FN8O/c1-9-25-6-13(7-26-9)31-21-28-19-17(14-3-11(22)4-16(24)18(14)27-19)20(29-21)30-8-10-2-12(30)5-15(10)23/h3-4,6-7,10,12,15H,2,5,8,23-24H2,1H3,(H,27,28,29). The fourth-order valence-electron chi connectivity index (χ4n) is 4.90. The fourth-order valence-corrected chi connectivity index (χ4v) is 4.90. The van der Waals surface area contributed by atoms with Crippen molar-refractivity contribution in [1.82, 2.24) is 24.9 Å². The molecule has 0 radical (unpaired) electrons. The molecule has 3 aromatic heterocycles. The first-order chi connectivity index (χ1) is 15.0. The Morgan fingerprint density at radius 3 is 2.71 bits per heavy atom. The van der Waals surface area contributed by atoms with Gasteiger partial charge in [-0.05, 0) is 37.8 Å². The molecular weight excluding hydrogens is 399 g/mol. The molecule has 1 saturated carbocycles. The van der Waals surface area contributed by atoms with Crippen molar-refractivity contribution in [2.75, 3.05) is 17.2 Å². The summed E-state index contributed by atoms with van der Waals surface area (Å²) < 4.78 is 20.1. The number of fused-ring (bicyclic) bond motifs is 5. The van der Waals surface area contributed by atoms with Crippen molar-refractivity contribution in [3.05, 3.63) is 36.2 Å². The highest BCUT2D eigenvalue weighted by Crippen LogP contribution is 2.43. The lowest BCUT2D eigenvalue weighted by Crippen LogP contribution is -2.41. The Kier molecular flexibility index (Phi) is 3.82. The molecule has 1 aliphatic carbocycles. The number of aryl methyl sites for hydroxylation is 1. The Balaban J connectivity index is 1.54. The SMILES string of the molecule is Cc1ncc(Oc2nc(N3CC4CC3CC4N)c3c(n2)[nH]c2c(N)cc(F)cc23)cn1. The molecule has 3 unspecified atom stereocenters. The molecule has 2 fully saturated rings. The number of nitrogens with one attached hydrogen (secondary N) is 1. The van der Waals surface area contributed by atoms with Gasteiger partial charge in [-0.2, -0.15) is 9.97 Å². The van der Waals surface area contributed by atoms with Crippen LogP contribution in [0.25, 0.3) is 21.9 Å². The van der Waals surface area contributed by atoms with Crippen molar-refractivity contribution >= 4 is 33.4 Å². The summed E-state index contributed by atoms with van der Waals surface area (Å²) in [6.45, 7) is 2.59. The van der Waals surface area contributed by atoms with E-state index in [0.29, 0.717) is 45.5 Å². The Morgan fingerprint density at radius 1 is 1.19 bits per heavy atom. The van der Waals surface area contributed by atoms with Gasteiger partial charge in [-0.3, -0.25) is 0 Å². The lowest BCUT2D eigenvalue weighted by molar-refractivity contribution is 0.435. The summed E-state index contributed by atoms with van der Waals surface area (Å²) in [5.74, 6) is 1.78. The Morgan fingerprint density at radius 2 is 2.00 bits per heavy atom. The predicted octanol–water partition coefficient (Wildman–Crippen LogP) is 2.65. The van der Waals surface area contributed by atoms with Crippen LogP contribution in [0.4, 0.5) is 15.9 Å². The number of H-pyrrole nitrogens is 1. The highest BCUT2D eigenvalue weighted by atomic mass is 19.1. The Hall–Kier alpha value is -3.53. The largest absolute Gasteiger partial charge is 0.421 e. The van der Waals surface area contributed by atoms with E-state index in [9.17, 15) is 4.39 Å². The molecule has 5 N–H and O–H groups in total. The summed E-state index contributed by atoms with van der Waals surface area (Å²) in [5, 5.41) is 1.38. The summed E-state index contributed by atoms with van der Waals surface area (Å²) in [5.41, 5.74) is 13.8. The fraction of sp³-hybridized carbons (Fsp3) is 0.333. The van der Waals surface area contributed by atoms with Crippen LogP contribution in [-0.4, -0.2) is 43.5 Å². The van der Waals surface area contributed by atoms with E-state index in [-0.39, 0.29) is 18.1 Å². The van der Waals surface area contributed by atoms with Gasteiger partial charge in [-0.15, -0.1) is 0 Å². The van der Waals surface area contributed by atoms with Crippen LogP contribution < -0.4 is 21.1 Å². The highest BCUT2D eigenvalue weighted by Gasteiger charge is 2.44. The van der Waals surface area contributed by atoms with Crippen molar-refractivity contribution < 1.29 is 9.13 Å². The number of aromatic nitrogens is 5. The number of ether oxygens (including phenoxy) is 1. The van der Waals surface area contributed by atoms with Crippen molar-refractivity contribution in [2.45, 2.75) is 31.8 Å². The lowest BCUT2D eigenvalue weighted by Gasteiger charge is -2.31. The third kappa shape index (κ3) is 2.86. The maximum atomic E-state index is 14.2. The van der Waals surface area contributed by atoms with E-state index >= 15 is 0 Å². The van der Waals surface area contributed by atoms with Crippen LogP contribution in [0.2, 0.25) is 0 Å². The third-order valence-corrected chi connectivity index (χ3v) is 6.35. The monoisotopic (exact) mass is 420 g/mol. The van der Waals surface area contributed by atoms with E-state index in [4.69, 9.17) is 21.2 Å². The molecule has 0 spiro atoms. The van der Waals surface area contributed by atoms with Crippen molar-refractivity contribution in [1.29, 1.82) is 0 Å². The number of aromatic amines is 1. The minimum Gasteiger partial charge on any atom is -0.421 e. The minimum absolute atomic E-state index is 0.160. The molecule has 31 heavy (non-hydrogen) atoms. The van der Waals surface area contributed by atoms with Gasteiger partial charge in [0.1, 0.15) is 23.1 Å². The molecule has 158 valence electrons. The number of nitrogens with zero attached hydrogens (tertiary/aromatic N) is 5. The van der Waals surface area contributed by atoms with Gasteiger partial charge in [0.15, 0.2) is 5.75 Å². The van der Waals surface area contributed by atoms with E-state index < -0.39 is 5.82 Å². The predicted molar refractivity (Wildman–Crippen MR) is 114 cm³/mol. The average molecular weight is 420 g/mol. The minimum atomic E-state index is -0.404. The van der Waals surface area contributed by atoms with Crippen LogP contribution in [0.15, 0.2) is 24.5 Å². The van der Waals surface area contributed by atoms with E-state index in [1.807, 2.05) is 0 Å². The molecule has 4 aromatic rings. The number of piperidine rings is 1. The molecule has 2 aliphatic rings. The first-order valence-electron chi connectivity index (χ1n) is 10.2. The number of hydrogen-bond acceptors (Lipinski definition) is 8. The average Bonchev–Trinajstić information content (AvgIpc) is 3.41. The van der Waals surface area contributed by atoms with E-state index in [0.717, 1.165) is 24.8 Å². The summed E-state index contributed by atoms with van der Waals surface area (Å²) >= 11 is 0. The van der Waals surface area contributed by atoms with Crippen LogP contribution in [0.3, 0.4) is 0 Å². The van der Waals surface area contributed by atoms with Crippen LogP contribution in [0.1, 0.15) is 18.7 Å². The van der Waals surface area contributed by atoms with E-state index in [1.54, 1.807) is 19.3 Å². The summed E-state index contributed by atoms with van der Waals surface area (Å²) in [7, 11) is 0. The first kappa shape index (κ1) is 18.3. The van der Waals surface area contributed by atoms with Crippen LogP contribution in [0.5, 0.6) is 11.8 Å². The van der Waals surface area contributed by atoms with Gasteiger partial charge in [-0.25, -0.2) is 14.4 Å². The number of benzene rings is 1. The van der Waals surface area contributed by atoms with E-state index in [2.05, 4.69) is 24.8 Å². The maximum Gasteiger partial charge on any atom is 0.326 e. The molecule has 3 atom stereocenters. The smallest absolute Gasteiger partial charge is 0.326 e. The van der Waals surface area contributed by atoms with E-state index in [1.165, 1.54) is 12.1 Å². The Bertz CT molecular complexity index is 1320. The van der Waals surface area contributed by atoms with Gasteiger partial charge in [0.2, 0.25) is 0 Å². The molecule has 4 heterocycles. The van der Waals surface area contributed by atoms with Gasteiger partial charge < -0.3 is 26.1 Å². The van der Waals surface area contributed by atoms with Gasteiger partial charge in [-0.1, -0.05) is 0 Å². The van der Waals surface area contributed by atoms with Crippen molar-refractivity contribution in [3.63, 3.8) is 0 Å². The lowest BCUT2D eigenvalue weighted by atomic mass is 10.0. The van der Waals surface area contributed by atoms with Gasteiger partial charge in [0.05, 0.1) is 29.0 Å². The Labute approximate surface area is 176 Å². The van der Waals surface area contributed by atoms with Crippen LogP contribution >= 0.6 is 0 Å².